The third-order valence-electron chi connectivity index (χ3n) is 7.69. The Labute approximate surface area is 190 Å². The van der Waals surface area contributed by atoms with Gasteiger partial charge in [-0.1, -0.05) is 26.8 Å². The minimum absolute atomic E-state index is 0.428. The Kier molecular flexibility index (Phi) is 7.28. The molecule has 0 radical (unpaired) electrons. The first-order chi connectivity index (χ1) is 15.0. The third-order valence-corrected chi connectivity index (χ3v) is 7.69. The number of methoxy groups -OCH3 is 1. The van der Waals surface area contributed by atoms with Crippen LogP contribution in [0.1, 0.15) is 64.9 Å². The zero-order chi connectivity index (χ0) is 21.8. The summed E-state index contributed by atoms with van der Waals surface area (Å²) in [5.41, 5.74) is 6.35. The maximum Gasteiger partial charge on any atom is 0.0605 e. The topological polar surface area (TPSA) is 19.0 Å². The number of nitrogens with zero attached hydrogens (tertiary/aromatic N) is 3. The number of benzene rings is 1. The summed E-state index contributed by atoms with van der Waals surface area (Å²) >= 11 is 0. The van der Waals surface area contributed by atoms with Crippen molar-refractivity contribution in [1.82, 2.24) is 4.90 Å². The van der Waals surface area contributed by atoms with Gasteiger partial charge in [-0.15, -0.1) is 0 Å². The summed E-state index contributed by atoms with van der Waals surface area (Å²) in [4.78, 5) is 7.82. The van der Waals surface area contributed by atoms with E-state index >= 15 is 0 Å². The monoisotopic (exact) mass is 425 g/mol. The molecule has 1 aliphatic carbocycles. The molecule has 31 heavy (non-hydrogen) atoms. The zero-order valence-electron chi connectivity index (χ0n) is 20.3. The Morgan fingerprint density at radius 3 is 2.35 bits per heavy atom. The van der Waals surface area contributed by atoms with Gasteiger partial charge >= 0.3 is 0 Å². The highest BCUT2D eigenvalue weighted by Gasteiger charge is 2.26. The molecule has 172 valence electrons. The van der Waals surface area contributed by atoms with Crippen molar-refractivity contribution in [2.75, 3.05) is 62.7 Å². The number of piperazine rings is 1. The summed E-state index contributed by atoms with van der Waals surface area (Å²) in [6.45, 7) is 15.2. The summed E-state index contributed by atoms with van der Waals surface area (Å²) in [5.74, 6) is 0. The molecule has 2 fully saturated rings. The minimum atomic E-state index is 0.428. The van der Waals surface area contributed by atoms with Crippen LogP contribution in [-0.2, 0) is 4.74 Å². The molecule has 0 saturated carbocycles. The zero-order valence-corrected chi connectivity index (χ0v) is 20.3. The van der Waals surface area contributed by atoms with E-state index in [1.807, 2.05) is 7.11 Å². The first-order valence-corrected chi connectivity index (χ1v) is 12.6. The van der Waals surface area contributed by atoms with Gasteiger partial charge < -0.3 is 14.5 Å². The van der Waals surface area contributed by atoms with E-state index in [1.54, 1.807) is 5.57 Å². The quantitative estimate of drug-likeness (QED) is 0.605. The van der Waals surface area contributed by atoms with Crippen molar-refractivity contribution in [3.05, 3.63) is 29.8 Å². The second-order valence-electron chi connectivity index (χ2n) is 10.5. The van der Waals surface area contributed by atoms with Gasteiger partial charge in [0.2, 0.25) is 0 Å². The predicted molar refractivity (Wildman–Crippen MR) is 133 cm³/mol. The molecule has 4 heteroatoms. The molecule has 0 spiro atoms. The highest BCUT2D eigenvalue weighted by atomic mass is 16.5. The van der Waals surface area contributed by atoms with E-state index < -0.39 is 0 Å². The normalized spacial score (nSPS) is 23.2. The van der Waals surface area contributed by atoms with Gasteiger partial charge in [-0.05, 0) is 74.3 Å². The number of allylic oxidation sites excluding steroid dienone is 2. The Bertz CT molecular complexity index is 756. The van der Waals surface area contributed by atoms with Gasteiger partial charge in [0.05, 0.1) is 6.10 Å². The average Bonchev–Trinajstić information content (AvgIpc) is 2.80. The molecule has 1 aromatic rings. The summed E-state index contributed by atoms with van der Waals surface area (Å²) in [5, 5.41) is 0. The van der Waals surface area contributed by atoms with Crippen LogP contribution in [0.25, 0.3) is 5.57 Å². The van der Waals surface area contributed by atoms with Crippen LogP contribution < -0.4 is 9.80 Å². The smallest absolute Gasteiger partial charge is 0.0605 e. The number of piperidine rings is 1. The van der Waals surface area contributed by atoms with Crippen molar-refractivity contribution in [2.45, 2.75) is 65.4 Å². The fraction of sp³-hybridized carbons (Fsp3) is 0.704. The van der Waals surface area contributed by atoms with E-state index in [2.05, 4.69) is 59.7 Å². The molecule has 0 atom stereocenters. The molecule has 0 bridgehead atoms. The summed E-state index contributed by atoms with van der Waals surface area (Å²) in [6, 6.07) is 7.30. The largest absolute Gasteiger partial charge is 0.381 e. The van der Waals surface area contributed by atoms with Crippen LogP contribution in [0.5, 0.6) is 0 Å². The van der Waals surface area contributed by atoms with Crippen LogP contribution in [0.15, 0.2) is 24.3 Å². The summed E-state index contributed by atoms with van der Waals surface area (Å²) in [7, 11) is 1.85. The number of hydrogen-bond acceptors (Lipinski definition) is 4. The second-order valence-corrected chi connectivity index (χ2v) is 10.5. The first-order valence-electron chi connectivity index (χ1n) is 12.6. The lowest BCUT2D eigenvalue weighted by Gasteiger charge is -2.39. The Balaban J connectivity index is 1.58. The molecule has 2 heterocycles. The molecule has 4 nitrogen and oxygen atoms in total. The number of ether oxygens (including phenoxy) is 1. The van der Waals surface area contributed by atoms with Gasteiger partial charge in [-0.2, -0.15) is 0 Å². The van der Waals surface area contributed by atoms with Crippen molar-refractivity contribution >= 4 is 16.9 Å². The lowest BCUT2D eigenvalue weighted by atomic mass is 9.76. The molecule has 1 aromatic carbocycles. The van der Waals surface area contributed by atoms with Crippen molar-refractivity contribution in [1.29, 1.82) is 0 Å². The van der Waals surface area contributed by atoms with Crippen LogP contribution in [0.2, 0.25) is 0 Å². The Hall–Kier alpha value is -1.52. The van der Waals surface area contributed by atoms with E-state index in [-0.39, 0.29) is 0 Å². The van der Waals surface area contributed by atoms with Gasteiger partial charge in [0.15, 0.2) is 0 Å². The minimum Gasteiger partial charge on any atom is -0.381 e. The summed E-state index contributed by atoms with van der Waals surface area (Å²) in [6.07, 6.45) is 10.1. The molecule has 0 aromatic heterocycles. The average molecular weight is 426 g/mol. The molecule has 0 N–H and O–H groups in total. The van der Waals surface area contributed by atoms with Gasteiger partial charge in [-0.25, -0.2) is 0 Å². The van der Waals surface area contributed by atoms with Crippen LogP contribution in [0.3, 0.4) is 0 Å². The Morgan fingerprint density at radius 1 is 1.00 bits per heavy atom. The second kappa shape index (κ2) is 9.95. The molecule has 2 aliphatic heterocycles. The lowest BCUT2D eigenvalue weighted by molar-refractivity contribution is 0.0819. The number of rotatable bonds is 6. The molecule has 0 amide bonds. The maximum atomic E-state index is 5.59. The summed E-state index contributed by atoms with van der Waals surface area (Å²) < 4.78 is 5.59. The molecule has 4 rings (SSSR count). The molecule has 2 saturated heterocycles. The van der Waals surface area contributed by atoms with Gasteiger partial charge in [0, 0.05) is 63.3 Å². The Morgan fingerprint density at radius 2 is 1.74 bits per heavy atom. The van der Waals surface area contributed by atoms with Crippen LogP contribution in [-0.4, -0.2) is 63.9 Å². The fourth-order valence-corrected chi connectivity index (χ4v) is 5.45. The highest BCUT2D eigenvalue weighted by molar-refractivity contribution is 5.80. The van der Waals surface area contributed by atoms with Gasteiger partial charge in [0.25, 0.3) is 0 Å². The standard InChI is InChI=1S/C27H43N3O/c1-5-14-28-17-19-30(20-18-28)26-7-6-23(29-15-10-24(31-4)11-16-29)21-25(26)22-8-12-27(2,3)13-9-22/h6-8,21,24H,5,9-20H2,1-4H3. The van der Waals surface area contributed by atoms with Gasteiger partial charge in [0.1, 0.15) is 0 Å². The first kappa shape index (κ1) is 22.7. The van der Waals surface area contributed by atoms with Crippen molar-refractivity contribution < 1.29 is 4.74 Å². The third kappa shape index (κ3) is 5.46. The van der Waals surface area contributed by atoms with E-state index in [0.717, 1.165) is 39.0 Å². The van der Waals surface area contributed by atoms with Crippen molar-refractivity contribution in [3.8, 4) is 0 Å². The van der Waals surface area contributed by atoms with Crippen molar-refractivity contribution in [3.63, 3.8) is 0 Å². The maximum absolute atomic E-state index is 5.59. The lowest BCUT2D eigenvalue weighted by Crippen LogP contribution is -2.46. The SMILES string of the molecule is CCCN1CCN(c2ccc(N3CCC(OC)CC3)cc2C2=CCC(C)(C)CC2)CC1. The van der Waals surface area contributed by atoms with Crippen LogP contribution in [0, 0.1) is 5.41 Å². The highest BCUT2D eigenvalue weighted by Crippen LogP contribution is 2.42. The number of hydrogen-bond donors (Lipinski definition) is 0. The van der Waals surface area contributed by atoms with Crippen molar-refractivity contribution in [2.24, 2.45) is 5.41 Å². The number of anilines is 2. The van der Waals surface area contributed by atoms with E-state index in [4.69, 9.17) is 4.74 Å². The van der Waals surface area contributed by atoms with Crippen LogP contribution >= 0.6 is 0 Å². The molecule has 0 unspecified atom stereocenters. The predicted octanol–water partition coefficient (Wildman–Crippen LogP) is 5.43. The fourth-order valence-electron chi connectivity index (χ4n) is 5.45. The van der Waals surface area contributed by atoms with E-state index in [9.17, 15) is 0 Å². The molecule has 3 aliphatic rings. The van der Waals surface area contributed by atoms with Gasteiger partial charge in [-0.3, -0.25) is 4.90 Å². The molecular formula is C27H43N3O. The van der Waals surface area contributed by atoms with E-state index in [0.29, 0.717) is 11.5 Å². The van der Waals surface area contributed by atoms with Crippen LogP contribution in [0.4, 0.5) is 11.4 Å². The molecular weight excluding hydrogens is 382 g/mol. The van der Waals surface area contributed by atoms with E-state index in [1.165, 1.54) is 62.3 Å².